The van der Waals surface area contributed by atoms with Crippen LogP contribution < -0.4 is 0 Å². The van der Waals surface area contributed by atoms with Gasteiger partial charge in [0.1, 0.15) is 0 Å². The van der Waals surface area contributed by atoms with Gasteiger partial charge in [0.15, 0.2) is 23.1 Å². The highest BCUT2D eigenvalue weighted by atomic mass is 16.2. The molecule has 1 saturated heterocycles. The van der Waals surface area contributed by atoms with Crippen molar-refractivity contribution in [1.82, 2.24) is 60.0 Å². The molecule has 6 rings (SSSR count). The Kier molecular flexibility index (Phi) is 6.57. The second-order valence-corrected chi connectivity index (χ2v) is 9.88. The van der Waals surface area contributed by atoms with Crippen molar-refractivity contribution < 1.29 is 4.79 Å². The monoisotopic (exact) mass is 526 g/mol. The van der Waals surface area contributed by atoms with Crippen LogP contribution in [-0.4, -0.2) is 92.1 Å². The third-order valence-electron chi connectivity index (χ3n) is 7.33. The van der Waals surface area contributed by atoms with Crippen molar-refractivity contribution in [1.29, 1.82) is 0 Å². The molecule has 1 aliphatic rings. The van der Waals surface area contributed by atoms with E-state index in [1.807, 2.05) is 54.6 Å². The van der Waals surface area contributed by atoms with Gasteiger partial charge < -0.3 is 4.90 Å². The fourth-order valence-electron chi connectivity index (χ4n) is 5.16. The fourth-order valence-corrected chi connectivity index (χ4v) is 5.16. The average Bonchev–Trinajstić information content (AvgIpc) is 3.68. The lowest BCUT2D eigenvalue weighted by molar-refractivity contribution is -0.133. The van der Waals surface area contributed by atoms with Gasteiger partial charge in [-0.25, -0.2) is 9.78 Å². The van der Waals surface area contributed by atoms with Crippen molar-refractivity contribution in [3.8, 4) is 17.2 Å². The van der Waals surface area contributed by atoms with Crippen LogP contribution in [0.2, 0.25) is 0 Å². The minimum atomic E-state index is 0.181. The molecule has 5 aromatic rings. The Morgan fingerprint density at radius 3 is 2.62 bits per heavy atom. The second kappa shape index (κ2) is 10.3. The number of hydrogen-bond donors (Lipinski definition) is 1. The number of H-pyrrole nitrogens is 1. The van der Waals surface area contributed by atoms with Crippen LogP contribution in [0.15, 0.2) is 36.4 Å². The van der Waals surface area contributed by atoms with Gasteiger partial charge in [-0.2, -0.15) is 9.61 Å². The van der Waals surface area contributed by atoms with E-state index in [1.54, 1.807) is 4.52 Å². The summed E-state index contributed by atoms with van der Waals surface area (Å²) in [5, 5.41) is 31.7. The molecule has 39 heavy (non-hydrogen) atoms. The lowest BCUT2D eigenvalue weighted by atomic mass is 10.1. The summed E-state index contributed by atoms with van der Waals surface area (Å²) in [4.78, 5) is 17.4. The lowest BCUT2D eigenvalue weighted by Gasteiger charge is -2.35. The normalized spacial score (nSPS) is 14.4. The van der Waals surface area contributed by atoms with Crippen molar-refractivity contribution in [2.45, 2.75) is 40.2 Å². The predicted molar refractivity (Wildman–Crippen MR) is 142 cm³/mol. The zero-order valence-corrected chi connectivity index (χ0v) is 22.2. The van der Waals surface area contributed by atoms with Crippen molar-refractivity contribution >= 4 is 11.6 Å². The molecule has 1 aromatic carbocycles. The Bertz CT molecular complexity index is 1610. The molecule has 0 bridgehead atoms. The van der Waals surface area contributed by atoms with Crippen molar-refractivity contribution in [2.24, 2.45) is 0 Å². The first-order chi connectivity index (χ1) is 19.0. The molecule has 1 N–H and O–H groups in total. The van der Waals surface area contributed by atoms with Crippen LogP contribution >= 0.6 is 0 Å². The summed E-state index contributed by atoms with van der Waals surface area (Å²) in [6, 6.07) is 12.0. The summed E-state index contributed by atoms with van der Waals surface area (Å²) in [5.74, 6) is 2.26. The number of aromatic amines is 1. The molecule has 1 amide bonds. The number of rotatable bonds is 7. The van der Waals surface area contributed by atoms with Crippen LogP contribution in [0, 0.1) is 20.8 Å². The summed E-state index contributed by atoms with van der Waals surface area (Å²) in [7, 11) is 0. The molecule has 1 fully saturated rings. The van der Waals surface area contributed by atoms with E-state index in [-0.39, 0.29) is 5.91 Å². The van der Waals surface area contributed by atoms with Gasteiger partial charge in [0.2, 0.25) is 5.91 Å². The molecule has 0 aliphatic carbocycles. The van der Waals surface area contributed by atoms with Gasteiger partial charge in [0.25, 0.3) is 0 Å². The molecule has 13 heteroatoms. The Morgan fingerprint density at radius 2 is 1.82 bits per heavy atom. The summed E-state index contributed by atoms with van der Waals surface area (Å²) in [6.07, 6.45) is 1.10. The Morgan fingerprint density at radius 1 is 0.974 bits per heavy atom. The molecule has 200 valence electrons. The minimum absolute atomic E-state index is 0.181. The van der Waals surface area contributed by atoms with Crippen LogP contribution in [0.1, 0.15) is 34.8 Å². The number of fused-ring (bicyclic) bond motifs is 1. The highest BCUT2D eigenvalue weighted by Crippen LogP contribution is 2.20. The first-order valence-corrected chi connectivity index (χ1v) is 13.0. The van der Waals surface area contributed by atoms with Gasteiger partial charge in [0, 0.05) is 50.4 Å². The summed E-state index contributed by atoms with van der Waals surface area (Å²) in [5.41, 5.74) is 5.85. The van der Waals surface area contributed by atoms with Crippen LogP contribution in [0.4, 0.5) is 0 Å². The maximum absolute atomic E-state index is 13.1. The number of carbonyl (C=O) groups excluding carboxylic acids is 1. The molecule has 0 atom stereocenters. The first kappa shape index (κ1) is 24.8. The Hall–Kier alpha value is -4.52. The van der Waals surface area contributed by atoms with Gasteiger partial charge in [-0.15, -0.1) is 20.4 Å². The van der Waals surface area contributed by atoms with Crippen LogP contribution in [0.25, 0.3) is 22.9 Å². The molecule has 5 heterocycles. The zero-order chi connectivity index (χ0) is 26.9. The molecule has 0 spiro atoms. The summed E-state index contributed by atoms with van der Waals surface area (Å²) < 4.78 is 3.54. The topological polar surface area (TPSA) is 139 Å². The van der Waals surface area contributed by atoms with E-state index in [4.69, 9.17) is 5.10 Å². The number of hydrogen-bond acceptors (Lipinski definition) is 9. The second-order valence-electron chi connectivity index (χ2n) is 9.88. The molecule has 0 radical (unpaired) electrons. The van der Waals surface area contributed by atoms with Crippen molar-refractivity contribution in [3.63, 3.8) is 0 Å². The minimum Gasteiger partial charge on any atom is -0.340 e. The Labute approximate surface area is 224 Å². The van der Waals surface area contributed by atoms with E-state index >= 15 is 0 Å². The van der Waals surface area contributed by atoms with Gasteiger partial charge in [-0.05, 0) is 66.9 Å². The number of nitrogens with zero attached hydrogens (tertiary/aromatic N) is 11. The molecular formula is C26H30N12O. The quantitative estimate of drug-likeness (QED) is 0.336. The maximum atomic E-state index is 13.1. The highest BCUT2D eigenvalue weighted by Gasteiger charge is 2.23. The SMILES string of the molecule is Cc1nn(-c2ccc3nnc(C)n3n2)c(C)c1CCC(=O)N1CCN(Cc2cccc(-c3nnn[nH]3)c2)CC1. The molecule has 4 aromatic heterocycles. The van der Waals surface area contributed by atoms with Gasteiger partial charge in [-0.1, -0.05) is 18.2 Å². The summed E-state index contributed by atoms with van der Waals surface area (Å²) >= 11 is 0. The molecule has 0 unspecified atom stereocenters. The number of aromatic nitrogens is 10. The third-order valence-corrected chi connectivity index (χ3v) is 7.33. The number of carbonyl (C=O) groups is 1. The van der Waals surface area contributed by atoms with E-state index < -0.39 is 0 Å². The summed E-state index contributed by atoms with van der Waals surface area (Å²) in [6.45, 7) is 9.83. The first-order valence-electron chi connectivity index (χ1n) is 13.0. The standard InChI is InChI=1S/C26H30N12O/c1-17-22(18(2)37(31-17)24-9-8-23-28-27-19(3)38(23)32-24)7-10-25(39)36-13-11-35(12-14-36)16-20-5-4-6-21(15-20)26-29-33-34-30-26/h4-6,8-9,15H,7,10-14,16H2,1-3H3,(H,29,30,33,34). The number of aryl methyl sites for hydroxylation is 2. The largest absolute Gasteiger partial charge is 0.340 e. The fraction of sp³-hybridized carbons (Fsp3) is 0.385. The highest BCUT2D eigenvalue weighted by molar-refractivity contribution is 5.76. The van der Waals surface area contributed by atoms with Gasteiger partial charge in [-0.3, -0.25) is 9.69 Å². The van der Waals surface area contributed by atoms with E-state index in [2.05, 4.69) is 53.0 Å². The van der Waals surface area contributed by atoms with E-state index in [1.165, 1.54) is 5.56 Å². The van der Waals surface area contributed by atoms with Crippen LogP contribution in [0.3, 0.4) is 0 Å². The Balaban J connectivity index is 1.05. The average molecular weight is 527 g/mol. The molecule has 13 nitrogen and oxygen atoms in total. The van der Waals surface area contributed by atoms with Crippen LogP contribution in [-0.2, 0) is 17.8 Å². The number of amides is 1. The number of nitrogens with one attached hydrogen (secondary N) is 1. The molecule has 0 saturated carbocycles. The smallest absolute Gasteiger partial charge is 0.222 e. The van der Waals surface area contributed by atoms with Crippen LogP contribution in [0.5, 0.6) is 0 Å². The number of benzene rings is 1. The molecule has 1 aliphatic heterocycles. The third kappa shape index (κ3) is 5.00. The van der Waals surface area contributed by atoms with E-state index in [0.29, 0.717) is 30.1 Å². The van der Waals surface area contributed by atoms with Crippen molar-refractivity contribution in [3.05, 3.63) is 64.7 Å². The number of piperazine rings is 1. The predicted octanol–water partition coefficient (Wildman–Crippen LogP) is 1.69. The molecular weight excluding hydrogens is 496 g/mol. The van der Waals surface area contributed by atoms with Crippen molar-refractivity contribution in [2.75, 3.05) is 26.2 Å². The maximum Gasteiger partial charge on any atom is 0.222 e. The lowest BCUT2D eigenvalue weighted by Crippen LogP contribution is -2.48. The number of tetrazole rings is 1. The van der Waals surface area contributed by atoms with E-state index in [0.717, 1.165) is 61.1 Å². The van der Waals surface area contributed by atoms with Gasteiger partial charge >= 0.3 is 0 Å². The van der Waals surface area contributed by atoms with Gasteiger partial charge in [0.05, 0.1) is 5.69 Å². The zero-order valence-electron chi connectivity index (χ0n) is 22.2. The van der Waals surface area contributed by atoms with E-state index in [9.17, 15) is 4.79 Å².